The number of furan rings is 1. The third-order valence-electron chi connectivity index (χ3n) is 7.89. The van der Waals surface area contributed by atoms with Gasteiger partial charge in [-0.1, -0.05) is 6.92 Å². The molecule has 1 heterocycles. The number of benzene rings is 1. The first kappa shape index (κ1) is 24.8. The molecule has 194 valence electrons. The molecular formula is C26H26N2O9. The molecule has 0 saturated heterocycles. The van der Waals surface area contributed by atoms with Crippen LogP contribution in [0.3, 0.4) is 0 Å². The van der Waals surface area contributed by atoms with Crippen LogP contribution in [0.1, 0.15) is 24.0 Å². The predicted molar refractivity (Wildman–Crippen MR) is 128 cm³/mol. The zero-order valence-corrected chi connectivity index (χ0v) is 20.2. The van der Waals surface area contributed by atoms with Crippen LogP contribution >= 0.6 is 0 Å². The van der Waals surface area contributed by atoms with Gasteiger partial charge in [-0.3, -0.25) is 19.3 Å². The highest BCUT2D eigenvalue weighted by Gasteiger charge is 2.68. The highest BCUT2D eigenvalue weighted by atomic mass is 16.4. The van der Waals surface area contributed by atoms with Crippen molar-refractivity contribution in [2.24, 2.45) is 17.6 Å². The third-order valence-corrected chi connectivity index (χ3v) is 7.89. The van der Waals surface area contributed by atoms with Crippen molar-refractivity contribution in [1.82, 2.24) is 4.90 Å². The van der Waals surface area contributed by atoms with Gasteiger partial charge in [-0.15, -0.1) is 0 Å². The van der Waals surface area contributed by atoms with Gasteiger partial charge in [-0.2, -0.15) is 0 Å². The Morgan fingerprint density at radius 3 is 2.38 bits per heavy atom. The van der Waals surface area contributed by atoms with Crippen molar-refractivity contribution in [3.63, 3.8) is 0 Å². The number of amides is 1. The second-order valence-corrected chi connectivity index (χ2v) is 9.95. The molecule has 3 aliphatic rings. The van der Waals surface area contributed by atoms with Gasteiger partial charge in [0.25, 0.3) is 5.91 Å². The number of likely N-dealkylation sites (N-methyl/N-ethyl adjacent to an activating group) is 1. The molecule has 1 aromatic heterocycles. The second kappa shape index (κ2) is 8.04. The zero-order chi connectivity index (χ0) is 27.1. The fourth-order valence-electron chi connectivity index (χ4n) is 6.34. The van der Waals surface area contributed by atoms with Crippen LogP contribution in [0.5, 0.6) is 5.75 Å². The quantitative estimate of drug-likeness (QED) is 0.321. The lowest BCUT2D eigenvalue weighted by molar-refractivity contribution is -0.169. The van der Waals surface area contributed by atoms with Crippen LogP contribution in [0.15, 0.2) is 51.9 Å². The largest absolute Gasteiger partial charge is 0.508 e. The molecule has 3 aliphatic carbocycles. The molecule has 1 amide bonds. The summed E-state index contributed by atoms with van der Waals surface area (Å²) in [6.45, 7) is 1.67. The number of nitrogens with two attached hydrogens (primary N) is 1. The average Bonchev–Trinajstić information content (AvgIpc) is 3.36. The highest BCUT2D eigenvalue weighted by molar-refractivity contribution is 6.24. The van der Waals surface area contributed by atoms with Crippen LogP contribution in [0.25, 0.3) is 17.1 Å². The smallest absolute Gasteiger partial charge is 0.255 e. The van der Waals surface area contributed by atoms with Gasteiger partial charge in [-0.25, -0.2) is 0 Å². The van der Waals surface area contributed by atoms with Crippen molar-refractivity contribution in [3.8, 4) is 17.1 Å². The minimum Gasteiger partial charge on any atom is -0.508 e. The van der Waals surface area contributed by atoms with Crippen LogP contribution in [0.2, 0.25) is 0 Å². The van der Waals surface area contributed by atoms with Crippen molar-refractivity contribution in [2.45, 2.75) is 30.6 Å². The van der Waals surface area contributed by atoms with Gasteiger partial charge in [0, 0.05) is 17.1 Å². The van der Waals surface area contributed by atoms with Gasteiger partial charge in [0.1, 0.15) is 28.6 Å². The maximum absolute atomic E-state index is 14.0. The Bertz CT molecular complexity index is 1420. The lowest BCUT2D eigenvalue weighted by atomic mass is 9.54. The van der Waals surface area contributed by atoms with Crippen molar-refractivity contribution < 1.29 is 44.3 Å². The third kappa shape index (κ3) is 3.02. The first-order valence-corrected chi connectivity index (χ1v) is 11.6. The molecule has 0 radical (unpaired) electrons. The first-order valence-electron chi connectivity index (χ1n) is 11.6. The summed E-state index contributed by atoms with van der Waals surface area (Å²) in [5.41, 5.74) is 1.76. The first-order chi connectivity index (χ1) is 17.3. The average molecular weight is 510 g/mol. The van der Waals surface area contributed by atoms with E-state index in [0.717, 1.165) is 0 Å². The molecule has 5 rings (SSSR count). The molecule has 37 heavy (non-hydrogen) atoms. The second-order valence-electron chi connectivity index (χ2n) is 9.95. The summed E-state index contributed by atoms with van der Waals surface area (Å²) >= 11 is 0. The van der Waals surface area contributed by atoms with E-state index < -0.39 is 75.6 Å². The number of Topliss-reactive ketones (excluding diaryl/α,β-unsaturated/α-hetero) is 2. The van der Waals surface area contributed by atoms with E-state index in [0.29, 0.717) is 16.9 Å². The molecule has 11 heteroatoms. The Morgan fingerprint density at radius 1 is 1.14 bits per heavy atom. The SMILES string of the molecule is C[C@@H]1c2c(-c3ccco3)ccc(O)c2C(O)=C2C(=O)[C@@]3(O)C(O)=C(C(N)=O)C(=O)[C@H](N(C)C)[C@H]3[C@H](O)[C@H]21. The summed E-state index contributed by atoms with van der Waals surface area (Å²) < 4.78 is 5.52. The van der Waals surface area contributed by atoms with E-state index in [-0.39, 0.29) is 11.3 Å². The molecule has 1 saturated carbocycles. The number of carbonyl (C=O) groups excluding carboxylic acids is 3. The summed E-state index contributed by atoms with van der Waals surface area (Å²) in [6, 6.07) is 4.81. The van der Waals surface area contributed by atoms with Crippen molar-refractivity contribution in [2.75, 3.05) is 14.1 Å². The summed E-state index contributed by atoms with van der Waals surface area (Å²) in [6.07, 6.45) is -0.217. The minimum absolute atomic E-state index is 0.0927. The Kier molecular flexibility index (Phi) is 5.38. The number of primary amides is 1. The number of hydrogen-bond donors (Lipinski definition) is 6. The predicted octanol–water partition coefficient (Wildman–Crippen LogP) is 0.756. The number of hydrogen-bond acceptors (Lipinski definition) is 10. The van der Waals surface area contributed by atoms with Crippen LogP contribution in [0.4, 0.5) is 0 Å². The monoisotopic (exact) mass is 510 g/mol. The van der Waals surface area contributed by atoms with E-state index in [2.05, 4.69) is 0 Å². The van der Waals surface area contributed by atoms with Crippen LogP contribution in [-0.4, -0.2) is 79.7 Å². The summed E-state index contributed by atoms with van der Waals surface area (Å²) in [5, 5.41) is 56.3. The summed E-state index contributed by atoms with van der Waals surface area (Å²) in [4.78, 5) is 40.6. The lowest BCUT2D eigenvalue weighted by Gasteiger charge is -2.53. The molecule has 2 aromatic rings. The number of carbonyl (C=O) groups is 3. The fraction of sp³-hybridized carbons (Fsp3) is 0.346. The van der Waals surface area contributed by atoms with Crippen molar-refractivity contribution >= 4 is 23.2 Å². The van der Waals surface area contributed by atoms with Crippen LogP contribution in [0, 0.1) is 11.8 Å². The van der Waals surface area contributed by atoms with Gasteiger partial charge < -0.3 is 35.7 Å². The van der Waals surface area contributed by atoms with Crippen LogP contribution < -0.4 is 5.73 Å². The minimum atomic E-state index is -2.95. The van der Waals surface area contributed by atoms with E-state index in [1.54, 1.807) is 25.1 Å². The van der Waals surface area contributed by atoms with E-state index in [4.69, 9.17) is 10.2 Å². The standard InChI is InChI=1S/C26H26N2O9/c1-9-13-10(12-5-4-8-37-12)6-7-11(29)15(13)20(30)16-14(9)21(31)18-19(28(2)3)22(32)17(25(27)35)24(34)26(18,36)23(16)33/h4-9,14,18-19,21,29-31,34,36H,1-3H3,(H2,27,35)/t9-,14+,18+,19-,21-,26-/m1/s1. The lowest BCUT2D eigenvalue weighted by Crippen LogP contribution is -2.70. The maximum Gasteiger partial charge on any atom is 0.255 e. The van der Waals surface area contributed by atoms with Gasteiger partial charge in [-0.05, 0) is 49.8 Å². The number of phenolic OH excluding ortho intramolecular Hbond substituents is 1. The van der Waals surface area contributed by atoms with Gasteiger partial charge in [0.15, 0.2) is 11.4 Å². The van der Waals surface area contributed by atoms with E-state index in [1.807, 2.05) is 0 Å². The Morgan fingerprint density at radius 2 is 1.81 bits per heavy atom. The number of fused-ring (bicyclic) bond motifs is 3. The van der Waals surface area contributed by atoms with Gasteiger partial charge in [0.05, 0.1) is 29.9 Å². The Balaban J connectivity index is 1.83. The molecular weight excluding hydrogens is 484 g/mol. The number of rotatable bonds is 3. The number of ketones is 2. The van der Waals surface area contributed by atoms with Gasteiger partial charge in [0.2, 0.25) is 5.78 Å². The molecule has 7 N–H and O–H groups in total. The van der Waals surface area contributed by atoms with Crippen molar-refractivity contribution in [1.29, 1.82) is 0 Å². The molecule has 0 aliphatic heterocycles. The highest BCUT2D eigenvalue weighted by Crippen LogP contribution is 2.57. The number of aliphatic hydroxyl groups is 4. The number of phenols is 1. The summed E-state index contributed by atoms with van der Waals surface area (Å²) in [7, 11) is 2.91. The zero-order valence-electron chi connectivity index (χ0n) is 20.2. The molecule has 0 unspecified atom stereocenters. The molecule has 6 atom stereocenters. The Hall–Kier alpha value is -3.93. The number of nitrogens with zero attached hydrogens (tertiary/aromatic N) is 1. The van der Waals surface area contributed by atoms with E-state index >= 15 is 0 Å². The number of aromatic hydroxyl groups is 1. The summed E-state index contributed by atoms with van der Waals surface area (Å²) in [5.74, 6) is -8.94. The van der Waals surface area contributed by atoms with Crippen molar-refractivity contribution in [3.05, 3.63) is 58.6 Å². The normalized spacial score (nSPS) is 31.4. The van der Waals surface area contributed by atoms with E-state index in [1.165, 1.54) is 31.3 Å². The molecule has 0 bridgehead atoms. The fourth-order valence-corrected chi connectivity index (χ4v) is 6.34. The number of aliphatic hydroxyl groups excluding tert-OH is 3. The molecule has 0 spiro atoms. The van der Waals surface area contributed by atoms with Crippen LogP contribution in [-0.2, 0) is 14.4 Å². The van der Waals surface area contributed by atoms with E-state index in [9.17, 15) is 39.9 Å². The topological polar surface area (TPSA) is 195 Å². The molecule has 1 fully saturated rings. The van der Waals surface area contributed by atoms with Gasteiger partial charge >= 0.3 is 0 Å². The molecule has 1 aromatic carbocycles. The molecule has 11 nitrogen and oxygen atoms in total. The maximum atomic E-state index is 14.0. The Labute approximate surface area is 210 Å².